The molecule has 1 aliphatic rings. The first-order valence-corrected chi connectivity index (χ1v) is 4.28. The zero-order valence-corrected chi connectivity index (χ0v) is 6.37. The van der Waals surface area contributed by atoms with Crippen molar-refractivity contribution in [3.63, 3.8) is 0 Å². The van der Waals surface area contributed by atoms with Crippen LogP contribution in [0, 0.1) is 0 Å². The zero-order chi connectivity index (χ0) is 6.32. The molecule has 2 rings (SSSR count). The van der Waals surface area contributed by atoms with E-state index in [0.29, 0.717) is 5.41 Å². The van der Waals surface area contributed by atoms with Crippen LogP contribution in [0.4, 0.5) is 0 Å². The summed E-state index contributed by atoms with van der Waals surface area (Å²) in [4.78, 5) is 0. The molecule has 0 aliphatic heterocycles. The summed E-state index contributed by atoms with van der Waals surface area (Å²) in [5, 5.41) is 4.44. The Balaban J connectivity index is 2.34. The highest BCUT2D eigenvalue weighted by Gasteiger charge is 2.38. The quantitative estimate of drug-likeness (QED) is 0.559. The second kappa shape index (κ2) is 1.60. The molecule has 0 unspecified atom stereocenters. The molecule has 1 fully saturated rings. The summed E-state index contributed by atoms with van der Waals surface area (Å²) < 4.78 is 0. The Hall–Kier alpha value is -0.300. The van der Waals surface area contributed by atoms with Crippen molar-refractivity contribution >= 4 is 11.3 Å². The van der Waals surface area contributed by atoms with Crippen molar-refractivity contribution in [1.29, 1.82) is 0 Å². The fraction of sp³-hybridized carbons (Fsp3) is 0.500. The minimum atomic E-state index is 0.583. The van der Waals surface area contributed by atoms with Crippen molar-refractivity contribution in [2.24, 2.45) is 0 Å². The molecule has 1 saturated carbocycles. The van der Waals surface area contributed by atoms with Gasteiger partial charge in [-0.25, -0.2) is 0 Å². The molecule has 1 heteroatoms. The molecule has 1 aliphatic carbocycles. The molecule has 0 amide bonds. The summed E-state index contributed by atoms with van der Waals surface area (Å²) in [7, 11) is 0. The first kappa shape index (κ1) is 5.48. The van der Waals surface area contributed by atoms with Crippen molar-refractivity contribution in [3.8, 4) is 0 Å². The first-order valence-electron chi connectivity index (χ1n) is 3.34. The first-order chi connectivity index (χ1) is 4.31. The van der Waals surface area contributed by atoms with E-state index in [1.165, 1.54) is 12.8 Å². The molecule has 0 N–H and O–H groups in total. The summed E-state index contributed by atoms with van der Waals surface area (Å²) in [6.45, 7) is 2.34. The maximum Gasteiger partial charge on any atom is -0.00557 e. The standard InChI is InChI=1S/C8H10S/c1-8(3-4-8)7-2-5-9-6-7/h2,5-6H,3-4H2,1H3. The van der Waals surface area contributed by atoms with E-state index in [-0.39, 0.29) is 0 Å². The number of hydrogen-bond acceptors (Lipinski definition) is 1. The minimum Gasteiger partial charge on any atom is -0.152 e. The molecule has 0 radical (unpaired) electrons. The molecular weight excluding hydrogens is 128 g/mol. The number of rotatable bonds is 1. The van der Waals surface area contributed by atoms with Gasteiger partial charge in [-0.3, -0.25) is 0 Å². The maximum absolute atomic E-state index is 2.34. The van der Waals surface area contributed by atoms with Crippen molar-refractivity contribution < 1.29 is 0 Å². The van der Waals surface area contributed by atoms with Gasteiger partial charge in [-0.2, -0.15) is 11.3 Å². The third-order valence-corrected chi connectivity index (χ3v) is 2.90. The van der Waals surface area contributed by atoms with E-state index in [4.69, 9.17) is 0 Å². The molecule has 1 aromatic heterocycles. The summed E-state index contributed by atoms with van der Waals surface area (Å²) in [6, 6.07) is 2.25. The molecule has 0 aromatic carbocycles. The normalized spacial score (nSPS) is 21.9. The van der Waals surface area contributed by atoms with Crippen molar-refractivity contribution in [1.82, 2.24) is 0 Å². The highest BCUT2D eigenvalue weighted by Crippen LogP contribution is 2.47. The lowest BCUT2D eigenvalue weighted by Crippen LogP contribution is -1.95. The summed E-state index contributed by atoms with van der Waals surface area (Å²) >= 11 is 1.81. The van der Waals surface area contributed by atoms with Gasteiger partial charge in [0, 0.05) is 0 Å². The third-order valence-electron chi connectivity index (χ3n) is 2.22. The topological polar surface area (TPSA) is 0 Å². The van der Waals surface area contributed by atoms with Crippen LogP contribution in [-0.4, -0.2) is 0 Å². The second-order valence-corrected chi connectivity index (χ2v) is 3.85. The van der Waals surface area contributed by atoms with Gasteiger partial charge in [0.15, 0.2) is 0 Å². The molecular formula is C8H10S. The zero-order valence-electron chi connectivity index (χ0n) is 5.55. The van der Waals surface area contributed by atoms with Crippen LogP contribution in [0.25, 0.3) is 0 Å². The molecule has 48 valence electrons. The Kier molecular flexibility index (Phi) is 0.974. The Morgan fingerprint density at radius 1 is 1.56 bits per heavy atom. The van der Waals surface area contributed by atoms with Gasteiger partial charge < -0.3 is 0 Å². The van der Waals surface area contributed by atoms with Crippen LogP contribution in [0.2, 0.25) is 0 Å². The average Bonchev–Trinajstić information content (AvgIpc) is 2.46. The van der Waals surface area contributed by atoms with Crippen molar-refractivity contribution in [2.75, 3.05) is 0 Å². The summed E-state index contributed by atoms with van der Waals surface area (Å²) in [5.74, 6) is 0. The third kappa shape index (κ3) is 0.799. The van der Waals surface area contributed by atoms with E-state index in [0.717, 1.165) is 0 Å². The van der Waals surface area contributed by atoms with Crippen LogP contribution in [-0.2, 0) is 5.41 Å². The number of hydrogen-bond donors (Lipinski definition) is 0. The summed E-state index contributed by atoms with van der Waals surface area (Å²) in [6.07, 6.45) is 2.79. The molecule has 0 spiro atoms. The van der Waals surface area contributed by atoms with Gasteiger partial charge in [0.05, 0.1) is 0 Å². The highest BCUT2D eigenvalue weighted by atomic mass is 32.1. The van der Waals surface area contributed by atoms with Crippen LogP contribution in [0.5, 0.6) is 0 Å². The second-order valence-electron chi connectivity index (χ2n) is 3.07. The van der Waals surface area contributed by atoms with Gasteiger partial charge in [-0.15, -0.1) is 0 Å². The van der Waals surface area contributed by atoms with Gasteiger partial charge in [0.1, 0.15) is 0 Å². The van der Waals surface area contributed by atoms with Crippen LogP contribution >= 0.6 is 11.3 Å². The smallest absolute Gasteiger partial charge is 0.00557 e. The Bertz CT molecular complexity index is 194. The largest absolute Gasteiger partial charge is 0.152 e. The van der Waals surface area contributed by atoms with Crippen LogP contribution in [0.3, 0.4) is 0 Å². The lowest BCUT2D eigenvalue weighted by atomic mass is 10.0. The average molecular weight is 138 g/mol. The van der Waals surface area contributed by atoms with E-state index in [9.17, 15) is 0 Å². The van der Waals surface area contributed by atoms with Crippen LogP contribution < -0.4 is 0 Å². The molecule has 0 saturated heterocycles. The maximum atomic E-state index is 2.34. The van der Waals surface area contributed by atoms with Gasteiger partial charge >= 0.3 is 0 Å². The van der Waals surface area contributed by atoms with Gasteiger partial charge in [-0.1, -0.05) is 6.92 Å². The fourth-order valence-corrected chi connectivity index (χ4v) is 1.90. The predicted octanol–water partition coefficient (Wildman–Crippen LogP) is 2.80. The molecule has 0 atom stereocenters. The Labute approximate surface area is 59.5 Å². The Morgan fingerprint density at radius 3 is 2.78 bits per heavy atom. The predicted molar refractivity (Wildman–Crippen MR) is 40.9 cm³/mol. The lowest BCUT2D eigenvalue weighted by Gasteiger charge is -2.01. The molecule has 9 heavy (non-hydrogen) atoms. The Morgan fingerprint density at radius 2 is 2.33 bits per heavy atom. The number of thiophene rings is 1. The fourth-order valence-electron chi connectivity index (χ4n) is 1.08. The molecule has 1 heterocycles. The minimum absolute atomic E-state index is 0.583. The van der Waals surface area contributed by atoms with Gasteiger partial charge in [-0.05, 0) is 40.6 Å². The SMILES string of the molecule is CC1(c2ccsc2)CC1. The molecule has 0 nitrogen and oxygen atoms in total. The van der Waals surface area contributed by atoms with Crippen molar-refractivity contribution in [2.45, 2.75) is 25.2 Å². The highest BCUT2D eigenvalue weighted by molar-refractivity contribution is 7.08. The van der Waals surface area contributed by atoms with Gasteiger partial charge in [0.25, 0.3) is 0 Å². The summed E-state index contributed by atoms with van der Waals surface area (Å²) in [5.41, 5.74) is 2.13. The monoisotopic (exact) mass is 138 g/mol. The van der Waals surface area contributed by atoms with E-state index in [1.807, 2.05) is 0 Å². The van der Waals surface area contributed by atoms with Gasteiger partial charge in [0.2, 0.25) is 0 Å². The lowest BCUT2D eigenvalue weighted by molar-refractivity contribution is 0.793. The van der Waals surface area contributed by atoms with Crippen molar-refractivity contribution in [3.05, 3.63) is 22.4 Å². The van der Waals surface area contributed by atoms with E-state index in [1.54, 1.807) is 16.9 Å². The van der Waals surface area contributed by atoms with Crippen LogP contribution in [0.15, 0.2) is 16.8 Å². The van der Waals surface area contributed by atoms with E-state index >= 15 is 0 Å². The van der Waals surface area contributed by atoms with Crippen LogP contribution in [0.1, 0.15) is 25.3 Å². The van der Waals surface area contributed by atoms with E-state index in [2.05, 4.69) is 23.8 Å². The molecule has 1 aromatic rings. The van der Waals surface area contributed by atoms with E-state index < -0.39 is 0 Å². The molecule has 0 bridgehead atoms.